The van der Waals surface area contributed by atoms with Crippen LogP contribution in [0, 0.1) is 10.1 Å². The van der Waals surface area contributed by atoms with Gasteiger partial charge >= 0.3 is 12.0 Å². The summed E-state index contributed by atoms with van der Waals surface area (Å²) in [7, 11) is 1.54. The van der Waals surface area contributed by atoms with E-state index < -0.39 is 10.9 Å². The van der Waals surface area contributed by atoms with Crippen LogP contribution in [0.4, 0.5) is 10.5 Å². The number of urea groups is 1. The maximum atomic E-state index is 11.7. The minimum atomic E-state index is -0.506. The molecule has 1 aromatic carbocycles. The van der Waals surface area contributed by atoms with Crippen LogP contribution < -0.4 is 0 Å². The van der Waals surface area contributed by atoms with Gasteiger partial charge in [0.15, 0.2) is 0 Å². The maximum absolute atomic E-state index is 11.7. The highest BCUT2D eigenvalue weighted by Gasteiger charge is 2.32. The van der Waals surface area contributed by atoms with Crippen LogP contribution in [0.25, 0.3) is 0 Å². The molecular formula is C15H17N3O6. The van der Waals surface area contributed by atoms with Gasteiger partial charge in [-0.3, -0.25) is 24.6 Å². The normalized spacial score (nSPS) is 14.2. The number of carbonyl (C=O) groups is 3. The average molecular weight is 335 g/mol. The van der Waals surface area contributed by atoms with Gasteiger partial charge in [0.05, 0.1) is 4.92 Å². The van der Waals surface area contributed by atoms with Gasteiger partial charge in [0.1, 0.15) is 13.2 Å². The lowest BCUT2D eigenvalue weighted by atomic mass is 10.2. The number of amides is 3. The van der Waals surface area contributed by atoms with Gasteiger partial charge < -0.3 is 9.64 Å². The minimum Gasteiger partial charge on any atom is -0.461 e. The van der Waals surface area contributed by atoms with Gasteiger partial charge in [-0.25, -0.2) is 4.79 Å². The first-order valence-corrected chi connectivity index (χ1v) is 7.33. The van der Waals surface area contributed by atoms with E-state index in [4.69, 9.17) is 4.74 Å². The van der Waals surface area contributed by atoms with E-state index >= 15 is 0 Å². The van der Waals surface area contributed by atoms with Gasteiger partial charge in [0.2, 0.25) is 5.91 Å². The molecule has 1 aliphatic heterocycles. The van der Waals surface area contributed by atoms with Crippen molar-refractivity contribution in [3.63, 3.8) is 0 Å². The molecule has 9 heteroatoms. The molecule has 1 aliphatic rings. The lowest BCUT2D eigenvalue weighted by Gasteiger charge is -2.13. The first-order chi connectivity index (χ1) is 11.4. The number of hydrogen-bond donors (Lipinski definition) is 0. The van der Waals surface area contributed by atoms with Crippen LogP contribution in [0.5, 0.6) is 0 Å². The zero-order valence-corrected chi connectivity index (χ0v) is 13.1. The van der Waals surface area contributed by atoms with Gasteiger partial charge in [-0.2, -0.15) is 0 Å². The Labute approximate surface area is 137 Å². The molecule has 0 aliphatic carbocycles. The van der Waals surface area contributed by atoms with Crippen LogP contribution in [-0.2, 0) is 20.9 Å². The molecule has 2 rings (SSSR count). The number of nitrogens with zero attached hydrogens (tertiary/aromatic N) is 3. The van der Waals surface area contributed by atoms with Crippen molar-refractivity contribution in [1.82, 2.24) is 9.80 Å². The third-order valence-electron chi connectivity index (χ3n) is 3.54. The SMILES string of the molecule is CN1CC(=O)N(CCCC(=O)OCc2ccc([N+](=O)[O-])cc2)C1=O. The van der Waals surface area contributed by atoms with Crippen molar-refractivity contribution in [1.29, 1.82) is 0 Å². The molecule has 0 radical (unpaired) electrons. The van der Waals surface area contributed by atoms with Crippen LogP contribution in [0.3, 0.4) is 0 Å². The average Bonchev–Trinajstić information content (AvgIpc) is 2.79. The summed E-state index contributed by atoms with van der Waals surface area (Å²) in [4.78, 5) is 47.3. The topological polar surface area (TPSA) is 110 Å². The number of nitro groups is 1. The van der Waals surface area contributed by atoms with Crippen molar-refractivity contribution in [2.75, 3.05) is 20.1 Å². The van der Waals surface area contributed by atoms with E-state index in [1.54, 1.807) is 7.05 Å². The van der Waals surface area contributed by atoms with Crippen LogP contribution in [0.1, 0.15) is 18.4 Å². The molecule has 1 saturated heterocycles. The summed E-state index contributed by atoms with van der Waals surface area (Å²) in [5, 5.41) is 10.5. The van der Waals surface area contributed by atoms with E-state index in [1.807, 2.05) is 0 Å². The number of hydrogen-bond acceptors (Lipinski definition) is 6. The van der Waals surface area contributed by atoms with Gasteiger partial charge in [-0.1, -0.05) is 0 Å². The summed E-state index contributed by atoms with van der Waals surface area (Å²) in [5.41, 5.74) is 0.607. The first kappa shape index (κ1) is 17.4. The molecule has 0 saturated carbocycles. The summed E-state index contributed by atoms with van der Waals surface area (Å²) in [5.74, 6) is -0.734. The number of carbonyl (C=O) groups excluding carboxylic acids is 3. The van der Waals surface area contributed by atoms with Crippen molar-refractivity contribution in [3.8, 4) is 0 Å². The molecule has 0 atom stereocenters. The molecule has 24 heavy (non-hydrogen) atoms. The van der Waals surface area contributed by atoms with E-state index in [-0.39, 0.29) is 43.7 Å². The van der Waals surface area contributed by atoms with E-state index in [2.05, 4.69) is 0 Å². The number of benzene rings is 1. The van der Waals surface area contributed by atoms with Crippen LogP contribution >= 0.6 is 0 Å². The smallest absolute Gasteiger partial charge is 0.326 e. The highest BCUT2D eigenvalue weighted by atomic mass is 16.6. The zero-order valence-electron chi connectivity index (χ0n) is 13.1. The number of rotatable bonds is 7. The Kier molecular flexibility index (Phi) is 5.46. The lowest BCUT2D eigenvalue weighted by Crippen LogP contribution is -2.32. The molecule has 1 fully saturated rings. The minimum absolute atomic E-state index is 0.0150. The Balaban J connectivity index is 1.71. The molecule has 0 aromatic heterocycles. The Morgan fingerprint density at radius 3 is 2.50 bits per heavy atom. The Hall–Kier alpha value is -2.97. The second-order valence-electron chi connectivity index (χ2n) is 5.37. The Morgan fingerprint density at radius 2 is 1.96 bits per heavy atom. The summed E-state index contributed by atoms with van der Waals surface area (Å²) >= 11 is 0. The van der Waals surface area contributed by atoms with Crippen LogP contribution in [0.2, 0.25) is 0 Å². The quantitative estimate of drug-likeness (QED) is 0.321. The summed E-state index contributed by atoms with van der Waals surface area (Å²) in [6, 6.07) is 5.35. The fourth-order valence-electron chi connectivity index (χ4n) is 2.22. The van der Waals surface area contributed by atoms with Crippen molar-refractivity contribution in [2.45, 2.75) is 19.4 Å². The number of nitro benzene ring substituents is 1. The zero-order chi connectivity index (χ0) is 17.7. The number of imide groups is 1. The molecule has 128 valence electrons. The van der Waals surface area contributed by atoms with Crippen molar-refractivity contribution < 1.29 is 24.0 Å². The van der Waals surface area contributed by atoms with E-state index in [0.29, 0.717) is 12.0 Å². The molecule has 0 bridgehead atoms. The molecule has 9 nitrogen and oxygen atoms in total. The number of ether oxygens (including phenoxy) is 1. The van der Waals surface area contributed by atoms with Gasteiger partial charge in [0, 0.05) is 32.1 Å². The van der Waals surface area contributed by atoms with Crippen LogP contribution in [0.15, 0.2) is 24.3 Å². The molecular weight excluding hydrogens is 318 g/mol. The van der Waals surface area contributed by atoms with Crippen LogP contribution in [-0.4, -0.2) is 52.8 Å². The Bertz CT molecular complexity index is 658. The monoisotopic (exact) mass is 335 g/mol. The van der Waals surface area contributed by atoms with Gasteiger partial charge in [-0.15, -0.1) is 0 Å². The summed E-state index contributed by atoms with van der Waals surface area (Å²) in [6.45, 7) is 0.249. The second kappa shape index (κ2) is 7.53. The third kappa shape index (κ3) is 4.28. The fourth-order valence-corrected chi connectivity index (χ4v) is 2.22. The molecule has 1 aromatic rings. The molecule has 0 spiro atoms. The predicted molar refractivity (Wildman–Crippen MR) is 81.9 cm³/mol. The van der Waals surface area contributed by atoms with E-state index in [1.165, 1.54) is 29.2 Å². The Morgan fingerprint density at radius 1 is 1.29 bits per heavy atom. The van der Waals surface area contributed by atoms with Crippen molar-refractivity contribution in [3.05, 3.63) is 39.9 Å². The highest BCUT2D eigenvalue weighted by Crippen LogP contribution is 2.13. The summed E-state index contributed by atoms with van der Waals surface area (Å²) < 4.78 is 5.06. The molecule has 1 heterocycles. The van der Waals surface area contributed by atoms with Crippen molar-refractivity contribution in [2.24, 2.45) is 0 Å². The summed E-state index contributed by atoms with van der Waals surface area (Å²) in [6.07, 6.45) is 0.401. The van der Waals surface area contributed by atoms with Gasteiger partial charge in [0.25, 0.3) is 5.69 Å². The van der Waals surface area contributed by atoms with E-state index in [0.717, 1.165) is 4.90 Å². The first-order valence-electron chi connectivity index (χ1n) is 7.33. The van der Waals surface area contributed by atoms with E-state index in [9.17, 15) is 24.5 Å². The third-order valence-corrected chi connectivity index (χ3v) is 3.54. The highest BCUT2D eigenvalue weighted by molar-refractivity contribution is 6.01. The molecule has 0 unspecified atom stereocenters. The molecule has 0 N–H and O–H groups in total. The second-order valence-corrected chi connectivity index (χ2v) is 5.37. The van der Waals surface area contributed by atoms with Gasteiger partial charge in [-0.05, 0) is 24.1 Å². The predicted octanol–water partition coefficient (Wildman–Crippen LogP) is 1.31. The number of esters is 1. The van der Waals surface area contributed by atoms with Crippen molar-refractivity contribution >= 4 is 23.6 Å². The maximum Gasteiger partial charge on any atom is 0.326 e. The standard InChI is InChI=1S/C15H17N3O6/c1-16-9-13(19)17(15(16)21)8-2-3-14(20)24-10-11-4-6-12(7-5-11)18(22)23/h4-7H,2-3,8-10H2,1H3. The largest absolute Gasteiger partial charge is 0.461 e. The number of non-ortho nitro benzene ring substituents is 1. The molecule has 3 amide bonds. The number of likely N-dealkylation sites (N-methyl/N-ethyl adjacent to an activating group) is 1. The fraction of sp³-hybridized carbons (Fsp3) is 0.400. The lowest BCUT2D eigenvalue weighted by molar-refractivity contribution is -0.384.